The molecule has 6 nitrogen and oxygen atoms in total. The fourth-order valence-corrected chi connectivity index (χ4v) is 2.81. The van der Waals surface area contributed by atoms with Crippen molar-refractivity contribution in [2.45, 2.75) is 6.92 Å². The number of carbonyl (C=O) groups is 2. The number of thiophene rings is 1. The van der Waals surface area contributed by atoms with E-state index in [2.05, 4.69) is 26.5 Å². The highest BCUT2D eigenvalue weighted by atomic mass is 79.9. The van der Waals surface area contributed by atoms with Crippen LogP contribution >= 0.6 is 27.3 Å². The average molecular weight is 411 g/mol. The van der Waals surface area contributed by atoms with Crippen LogP contribution in [0.5, 0.6) is 5.75 Å². The third kappa shape index (κ3) is 5.47. The zero-order chi connectivity index (χ0) is 17.4. The number of hydrogen-bond donors (Lipinski definition) is 1. The maximum absolute atomic E-state index is 11.7. The molecule has 0 aliphatic carbocycles. The van der Waals surface area contributed by atoms with E-state index in [1.165, 1.54) is 17.6 Å². The van der Waals surface area contributed by atoms with Crippen molar-refractivity contribution < 1.29 is 19.1 Å². The first-order valence-corrected chi connectivity index (χ1v) is 8.72. The molecule has 0 radical (unpaired) electrons. The van der Waals surface area contributed by atoms with E-state index in [-0.39, 0.29) is 12.5 Å². The van der Waals surface area contributed by atoms with Crippen LogP contribution in [-0.2, 0) is 9.53 Å². The van der Waals surface area contributed by atoms with Crippen LogP contribution in [0.1, 0.15) is 22.2 Å². The molecule has 2 aromatic rings. The van der Waals surface area contributed by atoms with Crippen molar-refractivity contribution in [3.63, 3.8) is 0 Å². The molecule has 0 saturated carbocycles. The van der Waals surface area contributed by atoms with E-state index in [4.69, 9.17) is 9.47 Å². The molecule has 2 rings (SSSR count). The van der Waals surface area contributed by atoms with Gasteiger partial charge in [0.25, 0.3) is 5.91 Å². The highest BCUT2D eigenvalue weighted by molar-refractivity contribution is 9.10. The quantitative estimate of drug-likeness (QED) is 0.431. The van der Waals surface area contributed by atoms with Crippen molar-refractivity contribution in [1.82, 2.24) is 5.43 Å². The van der Waals surface area contributed by atoms with Gasteiger partial charge in [-0.2, -0.15) is 5.10 Å². The van der Waals surface area contributed by atoms with Crippen LogP contribution in [0.25, 0.3) is 0 Å². The summed E-state index contributed by atoms with van der Waals surface area (Å²) < 4.78 is 10.8. The molecule has 1 heterocycles. The lowest BCUT2D eigenvalue weighted by Crippen LogP contribution is -2.16. The number of rotatable bonds is 7. The van der Waals surface area contributed by atoms with Crippen LogP contribution in [0.2, 0.25) is 0 Å². The monoisotopic (exact) mass is 410 g/mol. The van der Waals surface area contributed by atoms with Crippen LogP contribution in [0.4, 0.5) is 0 Å². The molecular formula is C16H15BrN2O4S. The number of nitrogens with one attached hydrogen (secondary N) is 1. The number of halogens is 1. The van der Waals surface area contributed by atoms with Gasteiger partial charge in [0.1, 0.15) is 5.75 Å². The molecule has 8 heteroatoms. The number of carbonyl (C=O) groups excluding carboxylic acids is 2. The van der Waals surface area contributed by atoms with E-state index >= 15 is 0 Å². The van der Waals surface area contributed by atoms with Gasteiger partial charge in [0.2, 0.25) is 0 Å². The Bertz CT molecular complexity index is 732. The van der Waals surface area contributed by atoms with Gasteiger partial charge >= 0.3 is 5.97 Å². The molecule has 1 amide bonds. The molecule has 24 heavy (non-hydrogen) atoms. The van der Waals surface area contributed by atoms with Crippen LogP contribution in [0.15, 0.2) is 45.3 Å². The molecule has 0 bridgehead atoms. The van der Waals surface area contributed by atoms with E-state index in [0.29, 0.717) is 21.7 Å². The normalized spacial score (nSPS) is 10.6. The Morgan fingerprint density at radius 3 is 2.88 bits per heavy atom. The lowest BCUT2D eigenvalue weighted by molar-refractivity contribution is -0.145. The number of amides is 1. The SMILES string of the molecule is CCOC(=O)COc1ccc(C=NNC(=O)c2cccs2)cc1Br. The van der Waals surface area contributed by atoms with Crippen LogP contribution in [0.3, 0.4) is 0 Å². The first-order chi connectivity index (χ1) is 11.6. The molecule has 0 aliphatic rings. The third-order valence-electron chi connectivity index (χ3n) is 2.73. The Hall–Kier alpha value is -2.19. The van der Waals surface area contributed by atoms with Gasteiger partial charge in [-0.25, -0.2) is 10.2 Å². The minimum absolute atomic E-state index is 0.156. The predicted octanol–water partition coefficient (Wildman–Crippen LogP) is 3.22. The largest absolute Gasteiger partial charge is 0.481 e. The number of ether oxygens (including phenoxy) is 2. The van der Waals surface area contributed by atoms with Crippen molar-refractivity contribution in [3.8, 4) is 5.75 Å². The number of hydrazone groups is 1. The minimum Gasteiger partial charge on any atom is -0.481 e. The summed E-state index contributed by atoms with van der Waals surface area (Å²) in [5, 5.41) is 5.74. The lowest BCUT2D eigenvalue weighted by atomic mass is 10.2. The summed E-state index contributed by atoms with van der Waals surface area (Å²) in [4.78, 5) is 23.6. The maximum atomic E-state index is 11.7. The summed E-state index contributed by atoms with van der Waals surface area (Å²) in [5.74, 6) is -0.163. The number of nitrogens with zero attached hydrogens (tertiary/aromatic N) is 1. The van der Waals surface area contributed by atoms with Crippen molar-refractivity contribution in [1.29, 1.82) is 0 Å². The zero-order valence-corrected chi connectivity index (χ0v) is 15.2. The van der Waals surface area contributed by atoms with E-state index < -0.39 is 5.97 Å². The van der Waals surface area contributed by atoms with Gasteiger partial charge in [-0.05, 0) is 58.1 Å². The van der Waals surface area contributed by atoms with Gasteiger partial charge in [-0.15, -0.1) is 11.3 Å². The molecule has 0 unspecified atom stereocenters. The molecule has 1 aromatic heterocycles. The Morgan fingerprint density at radius 1 is 1.38 bits per heavy atom. The average Bonchev–Trinajstić information content (AvgIpc) is 3.09. The van der Waals surface area contributed by atoms with Gasteiger partial charge in [0, 0.05) is 0 Å². The molecular weight excluding hydrogens is 396 g/mol. The standard InChI is InChI=1S/C16H15BrN2O4S/c1-2-22-15(20)10-23-13-6-5-11(8-12(13)17)9-18-19-16(21)14-4-3-7-24-14/h3-9H,2,10H2,1H3,(H,19,21). The molecule has 0 atom stereocenters. The van der Waals surface area contributed by atoms with Crippen LogP contribution < -0.4 is 10.2 Å². The molecule has 0 aliphatic heterocycles. The third-order valence-corrected chi connectivity index (χ3v) is 4.22. The second kappa shape index (κ2) is 9.19. The number of esters is 1. The Balaban J connectivity index is 1.90. The van der Waals surface area contributed by atoms with E-state index in [0.717, 1.165) is 5.56 Å². The Kier molecular flexibility index (Phi) is 6.95. The van der Waals surface area contributed by atoms with Gasteiger partial charge in [-0.1, -0.05) is 6.07 Å². The highest BCUT2D eigenvalue weighted by Gasteiger charge is 2.07. The first kappa shape index (κ1) is 18.2. The summed E-state index contributed by atoms with van der Waals surface area (Å²) in [5.41, 5.74) is 3.22. The van der Waals surface area contributed by atoms with Gasteiger partial charge in [0.15, 0.2) is 6.61 Å². The summed E-state index contributed by atoms with van der Waals surface area (Å²) in [6.07, 6.45) is 1.52. The van der Waals surface area contributed by atoms with Gasteiger partial charge in [0.05, 0.1) is 22.2 Å². The zero-order valence-electron chi connectivity index (χ0n) is 12.8. The summed E-state index contributed by atoms with van der Waals surface area (Å²) in [7, 11) is 0. The Morgan fingerprint density at radius 2 is 2.21 bits per heavy atom. The van der Waals surface area contributed by atoms with Crippen LogP contribution in [0, 0.1) is 0 Å². The van der Waals surface area contributed by atoms with Crippen molar-refractivity contribution in [3.05, 3.63) is 50.6 Å². The van der Waals surface area contributed by atoms with Crippen molar-refractivity contribution >= 4 is 45.4 Å². The molecule has 0 spiro atoms. The molecule has 126 valence electrons. The minimum atomic E-state index is -0.425. The van der Waals surface area contributed by atoms with Crippen LogP contribution in [-0.4, -0.2) is 31.3 Å². The van der Waals surface area contributed by atoms with Crippen molar-refractivity contribution in [2.75, 3.05) is 13.2 Å². The summed E-state index contributed by atoms with van der Waals surface area (Å²) in [6.45, 7) is 1.89. The number of hydrogen-bond acceptors (Lipinski definition) is 6. The molecule has 0 fully saturated rings. The fraction of sp³-hybridized carbons (Fsp3) is 0.188. The molecule has 1 N–H and O–H groups in total. The van der Waals surface area contributed by atoms with E-state index in [9.17, 15) is 9.59 Å². The second-order valence-corrected chi connectivity index (χ2v) is 6.26. The lowest BCUT2D eigenvalue weighted by Gasteiger charge is -2.08. The van der Waals surface area contributed by atoms with E-state index in [1.54, 1.807) is 37.3 Å². The molecule has 0 saturated heterocycles. The van der Waals surface area contributed by atoms with Gasteiger partial charge < -0.3 is 9.47 Å². The smallest absolute Gasteiger partial charge is 0.344 e. The van der Waals surface area contributed by atoms with Crippen molar-refractivity contribution in [2.24, 2.45) is 5.10 Å². The van der Waals surface area contributed by atoms with Gasteiger partial charge in [-0.3, -0.25) is 4.79 Å². The summed E-state index contributed by atoms with van der Waals surface area (Å²) in [6, 6.07) is 8.75. The predicted molar refractivity (Wildman–Crippen MR) is 95.6 cm³/mol. The van der Waals surface area contributed by atoms with E-state index in [1.807, 2.05) is 5.38 Å². The Labute approximate surface area is 151 Å². The maximum Gasteiger partial charge on any atom is 0.344 e. The highest BCUT2D eigenvalue weighted by Crippen LogP contribution is 2.25. The molecule has 1 aromatic carbocycles. The topological polar surface area (TPSA) is 77.0 Å². The first-order valence-electron chi connectivity index (χ1n) is 7.05. The fourth-order valence-electron chi connectivity index (χ4n) is 1.68. The summed E-state index contributed by atoms with van der Waals surface area (Å²) >= 11 is 4.71. The second-order valence-electron chi connectivity index (χ2n) is 4.46. The number of benzene rings is 1.